The molecule has 3 aromatic rings. The molecule has 1 unspecified atom stereocenters. The second kappa shape index (κ2) is 20.0. The quantitative estimate of drug-likeness (QED) is 0.114. The van der Waals surface area contributed by atoms with Crippen LogP contribution in [0.2, 0.25) is 0 Å². The van der Waals surface area contributed by atoms with Crippen molar-refractivity contribution in [1.82, 2.24) is 9.97 Å². The lowest BCUT2D eigenvalue weighted by atomic mass is 10.1. The molecule has 0 aliphatic carbocycles. The molecule has 0 amide bonds. The monoisotopic (exact) mass is 562 g/mol. The number of rotatable bonds is 22. The van der Waals surface area contributed by atoms with Gasteiger partial charge in [0.1, 0.15) is 24.3 Å². The summed E-state index contributed by atoms with van der Waals surface area (Å²) in [5.41, 5.74) is 2.88. The van der Waals surface area contributed by atoms with Crippen molar-refractivity contribution in [2.24, 2.45) is 0 Å². The van der Waals surface area contributed by atoms with Crippen molar-refractivity contribution < 1.29 is 13.9 Å². The number of unbranched alkanes of at least 4 members (excludes halogenated alkanes) is 12. The fraction of sp³-hybridized carbons (Fsp3) is 0.556. The Balaban J connectivity index is 1.35. The van der Waals surface area contributed by atoms with E-state index in [0.717, 1.165) is 54.7 Å². The van der Waals surface area contributed by atoms with E-state index in [0.29, 0.717) is 18.0 Å². The molecule has 0 aliphatic rings. The molecule has 0 fully saturated rings. The van der Waals surface area contributed by atoms with Gasteiger partial charge in [0.25, 0.3) is 0 Å². The minimum Gasteiger partial charge on any atom is -0.494 e. The Labute approximate surface area is 248 Å². The fourth-order valence-corrected chi connectivity index (χ4v) is 4.91. The molecular weight excluding hydrogens is 511 g/mol. The topological polar surface area (TPSA) is 44.2 Å². The van der Waals surface area contributed by atoms with E-state index in [4.69, 9.17) is 9.47 Å². The van der Waals surface area contributed by atoms with E-state index in [2.05, 4.69) is 23.8 Å². The van der Waals surface area contributed by atoms with E-state index in [1.807, 2.05) is 60.9 Å². The van der Waals surface area contributed by atoms with Gasteiger partial charge < -0.3 is 9.47 Å². The van der Waals surface area contributed by atoms with E-state index in [-0.39, 0.29) is 6.61 Å². The van der Waals surface area contributed by atoms with Crippen LogP contribution in [-0.2, 0) is 0 Å². The van der Waals surface area contributed by atoms with E-state index in [1.165, 1.54) is 64.2 Å². The number of aromatic nitrogens is 2. The molecule has 1 aromatic heterocycles. The van der Waals surface area contributed by atoms with E-state index >= 15 is 0 Å². The van der Waals surface area contributed by atoms with Crippen LogP contribution in [0.1, 0.15) is 110 Å². The van der Waals surface area contributed by atoms with Crippen LogP contribution in [0.15, 0.2) is 60.9 Å². The molecule has 1 heterocycles. The van der Waals surface area contributed by atoms with Crippen LogP contribution in [0, 0.1) is 0 Å². The average Bonchev–Trinajstić information content (AvgIpc) is 3.01. The summed E-state index contributed by atoms with van der Waals surface area (Å²) >= 11 is 0. The lowest BCUT2D eigenvalue weighted by Gasteiger charge is -2.11. The summed E-state index contributed by atoms with van der Waals surface area (Å²) in [6.45, 7) is 5.30. The Morgan fingerprint density at radius 1 is 0.561 bits per heavy atom. The number of hydrogen-bond donors (Lipinski definition) is 0. The zero-order valence-corrected chi connectivity index (χ0v) is 25.5. The number of nitrogens with zero attached hydrogens (tertiary/aromatic N) is 2. The minimum absolute atomic E-state index is 0.104. The van der Waals surface area contributed by atoms with Crippen molar-refractivity contribution >= 4 is 0 Å². The smallest absolute Gasteiger partial charge is 0.159 e. The molecule has 2 aromatic carbocycles. The molecule has 0 radical (unpaired) electrons. The van der Waals surface area contributed by atoms with Crippen molar-refractivity contribution in [2.45, 2.75) is 116 Å². The molecule has 0 aliphatic heterocycles. The van der Waals surface area contributed by atoms with Crippen molar-refractivity contribution in [3.05, 3.63) is 60.9 Å². The summed E-state index contributed by atoms with van der Waals surface area (Å²) < 4.78 is 25.7. The Morgan fingerprint density at radius 2 is 1.05 bits per heavy atom. The van der Waals surface area contributed by atoms with Gasteiger partial charge in [-0.15, -0.1) is 0 Å². The fourth-order valence-electron chi connectivity index (χ4n) is 4.91. The predicted octanol–water partition coefficient (Wildman–Crippen LogP) is 10.8. The third kappa shape index (κ3) is 13.1. The summed E-state index contributed by atoms with van der Waals surface area (Å²) in [6, 6.07) is 15.7. The summed E-state index contributed by atoms with van der Waals surface area (Å²) in [4.78, 5) is 9.15. The zero-order valence-electron chi connectivity index (χ0n) is 25.5. The van der Waals surface area contributed by atoms with Crippen molar-refractivity contribution in [1.29, 1.82) is 0 Å². The van der Waals surface area contributed by atoms with Gasteiger partial charge in [0, 0.05) is 23.5 Å². The van der Waals surface area contributed by atoms with Crippen LogP contribution in [0.25, 0.3) is 22.5 Å². The third-order valence-electron chi connectivity index (χ3n) is 7.52. The normalized spacial score (nSPS) is 11.9. The highest BCUT2D eigenvalue weighted by Gasteiger charge is 2.08. The lowest BCUT2D eigenvalue weighted by Crippen LogP contribution is -2.12. The molecular formula is C36H51FN2O2. The maximum atomic E-state index is 14.1. The molecule has 0 spiro atoms. The number of halogens is 1. The van der Waals surface area contributed by atoms with Gasteiger partial charge in [0.05, 0.1) is 6.61 Å². The molecule has 0 bridgehead atoms. The molecule has 0 saturated heterocycles. The van der Waals surface area contributed by atoms with Gasteiger partial charge in [0.15, 0.2) is 5.82 Å². The van der Waals surface area contributed by atoms with Crippen molar-refractivity contribution in [3.8, 4) is 34.0 Å². The molecule has 41 heavy (non-hydrogen) atoms. The summed E-state index contributed by atoms with van der Waals surface area (Å²) in [5, 5.41) is 0. The second-order valence-corrected chi connectivity index (χ2v) is 11.1. The van der Waals surface area contributed by atoms with Crippen LogP contribution in [0.3, 0.4) is 0 Å². The first-order chi connectivity index (χ1) is 20.2. The number of ether oxygens (including phenoxy) is 2. The van der Waals surface area contributed by atoms with Crippen molar-refractivity contribution in [2.75, 3.05) is 13.2 Å². The van der Waals surface area contributed by atoms with Gasteiger partial charge >= 0.3 is 0 Å². The maximum Gasteiger partial charge on any atom is 0.159 e. The SMILES string of the molecule is CCCCCCCCCCCCOc1ccc(-c2ncc(-c3ccc(OCC(F)CCCCCC)cc3)cn2)cc1. The predicted molar refractivity (Wildman–Crippen MR) is 169 cm³/mol. The summed E-state index contributed by atoms with van der Waals surface area (Å²) in [7, 11) is 0. The first kappa shape index (κ1) is 32.6. The molecule has 224 valence electrons. The number of benzene rings is 2. The highest BCUT2D eigenvalue weighted by Crippen LogP contribution is 2.24. The minimum atomic E-state index is -0.919. The average molecular weight is 563 g/mol. The molecule has 1 atom stereocenters. The first-order valence-electron chi connectivity index (χ1n) is 16.1. The lowest BCUT2D eigenvalue weighted by molar-refractivity contribution is 0.184. The van der Waals surface area contributed by atoms with E-state index < -0.39 is 6.17 Å². The Hall–Kier alpha value is -2.95. The van der Waals surface area contributed by atoms with Gasteiger partial charge in [-0.1, -0.05) is 109 Å². The largest absolute Gasteiger partial charge is 0.494 e. The summed E-state index contributed by atoms with van der Waals surface area (Å²) in [5.74, 6) is 2.25. The summed E-state index contributed by atoms with van der Waals surface area (Å²) in [6.07, 6.45) is 20.9. The van der Waals surface area contributed by atoms with Gasteiger partial charge in [-0.3, -0.25) is 0 Å². The van der Waals surface area contributed by atoms with Gasteiger partial charge in [-0.2, -0.15) is 0 Å². The van der Waals surface area contributed by atoms with Crippen LogP contribution in [0.4, 0.5) is 4.39 Å². The van der Waals surface area contributed by atoms with E-state index in [1.54, 1.807) is 0 Å². The standard InChI is InChI=1S/C36H51FN2O2/c1-3-5-7-9-10-11-12-13-14-16-26-40-34-24-20-31(21-25-34)36-38-27-32(28-39-36)30-18-22-35(23-19-30)41-29-33(37)17-15-8-6-4-2/h18-25,27-28,33H,3-17,26,29H2,1-2H3. The molecule has 0 saturated carbocycles. The van der Waals surface area contributed by atoms with Crippen LogP contribution in [-0.4, -0.2) is 29.4 Å². The van der Waals surface area contributed by atoms with Gasteiger partial charge in [-0.05, 0) is 54.8 Å². The Kier molecular flexibility index (Phi) is 15.9. The van der Waals surface area contributed by atoms with Crippen LogP contribution in [0.5, 0.6) is 11.5 Å². The van der Waals surface area contributed by atoms with Crippen LogP contribution < -0.4 is 9.47 Å². The molecule has 0 N–H and O–H groups in total. The third-order valence-corrected chi connectivity index (χ3v) is 7.52. The highest BCUT2D eigenvalue weighted by atomic mass is 19.1. The number of hydrogen-bond acceptors (Lipinski definition) is 4. The molecule has 3 rings (SSSR count). The Bertz CT molecular complexity index is 1050. The highest BCUT2D eigenvalue weighted by molar-refractivity contribution is 5.64. The van der Waals surface area contributed by atoms with E-state index in [9.17, 15) is 4.39 Å². The number of alkyl halides is 1. The zero-order chi connectivity index (χ0) is 29.0. The first-order valence-corrected chi connectivity index (χ1v) is 16.1. The maximum absolute atomic E-state index is 14.1. The van der Waals surface area contributed by atoms with Crippen molar-refractivity contribution in [3.63, 3.8) is 0 Å². The van der Waals surface area contributed by atoms with Gasteiger partial charge in [0.2, 0.25) is 0 Å². The Morgan fingerprint density at radius 3 is 1.63 bits per heavy atom. The van der Waals surface area contributed by atoms with Crippen LogP contribution >= 0.6 is 0 Å². The molecule has 5 heteroatoms. The second-order valence-electron chi connectivity index (χ2n) is 11.1. The molecule has 4 nitrogen and oxygen atoms in total. The van der Waals surface area contributed by atoms with Gasteiger partial charge in [-0.25, -0.2) is 14.4 Å².